The first kappa shape index (κ1) is 29.9. The maximum absolute atomic E-state index is 13.3. The van der Waals surface area contributed by atoms with Gasteiger partial charge in [0.25, 0.3) is 0 Å². The van der Waals surface area contributed by atoms with Crippen molar-refractivity contribution in [2.45, 2.75) is 66.2 Å². The molecule has 0 saturated carbocycles. The Morgan fingerprint density at radius 2 is 1.65 bits per heavy atom. The van der Waals surface area contributed by atoms with E-state index >= 15 is 0 Å². The summed E-state index contributed by atoms with van der Waals surface area (Å²) in [6.07, 6.45) is 2.56. The molecule has 1 fully saturated rings. The summed E-state index contributed by atoms with van der Waals surface area (Å²) in [5, 5.41) is 17.8. The maximum atomic E-state index is 13.3. The third-order valence-corrected chi connectivity index (χ3v) is 7.94. The number of nitrogens with one attached hydrogen (secondary N) is 3. The van der Waals surface area contributed by atoms with Crippen molar-refractivity contribution in [3.8, 4) is 5.69 Å². The first-order chi connectivity index (χ1) is 20.5. The van der Waals surface area contributed by atoms with Crippen LogP contribution in [0.3, 0.4) is 0 Å². The monoisotopic (exact) mass is 583 g/mol. The Morgan fingerprint density at radius 1 is 0.953 bits per heavy atom. The van der Waals surface area contributed by atoms with Crippen molar-refractivity contribution in [3.63, 3.8) is 0 Å². The number of carbonyl (C=O) groups excluding carboxylic acids is 2. The van der Waals surface area contributed by atoms with Crippen molar-refractivity contribution >= 4 is 29.3 Å². The van der Waals surface area contributed by atoms with E-state index in [-0.39, 0.29) is 17.5 Å². The van der Waals surface area contributed by atoms with Crippen LogP contribution in [0.4, 0.5) is 26.8 Å². The van der Waals surface area contributed by atoms with E-state index < -0.39 is 0 Å². The molecule has 5 rings (SSSR count). The lowest BCUT2D eigenvalue weighted by molar-refractivity contribution is 0.182. The second-order valence-electron chi connectivity index (χ2n) is 12.4. The Balaban J connectivity index is 1.22. The van der Waals surface area contributed by atoms with Gasteiger partial charge in [0.1, 0.15) is 17.2 Å². The van der Waals surface area contributed by atoms with Gasteiger partial charge in [-0.25, -0.2) is 14.3 Å². The van der Waals surface area contributed by atoms with Crippen LogP contribution < -0.4 is 16.0 Å². The molecule has 0 spiro atoms. The number of urea groups is 2. The van der Waals surface area contributed by atoms with Gasteiger partial charge in [-0.1, -0.05) is 61.8 Å². The molecule has 3 N–H and O–H groups in total. The summed E-state index contributed by atoms with van der Waals surface area (Å²) in [4.78, 5) is 28.0. The Morgan fingerprint density at radius 3 is 2.30 bits per heavy atom. The lowest BCUT2D eigenvalue weighted by Crippen LogP contribution is -2.41. The second kappa shape index (κ2) is 12.3. The van der Waals surface area contributed by atoms with Gasteiger partial charge in [-0.15, -0.1) is 0 Å². The fourth-order valence-electron chi connectivity index (χ4n) is 5.31. The van der Waals surface area contributed by atoms with Crippen LogP contribution in [-0.4, -0.2) is 45.0 Å². The standard InChI is InChI=1S/C33H41N7O3/c1-21-11-13-26(14-12-21)40-29(20-28(37-40)33(4,5)6)35-31(41)34-27-10-8-7-9-25(27)19-24-15-17-39(18-16-24)32(42)36-30-22(2)38-43-23(30)3/h7-14,20,24H,15-19H2,1-6H3,(H,36,42)(H2,34,35,41). The van der Waals surface area contributed by atoms with E-state index in [4.69, 9.17) is 9.62 Å². The third-order valence-electron chi connectivity index (χ3n) is 7.94. The first-order valence-corrected chi connectivity index (χ1v) is 14.8. The number of hydrogen-bond donors (Lipinski definition) is 3. The molecule has 2 aromatic heterocycles. The molecule has 4 amide bonds. The molecule has 226 valence electrons. The summed E-state index contributed by atoms with van der Waals surface area (Å²) >= 11 is 0. The molecule has 0 aliphatic carbocycles. The molecular formula is C33H41N7O3. The van der Waals surface area contributed by atoms with Crippen LogP contribution in [0, 0.1) is 26.7 Å². The highest BCUT2D eigenvalue weighted by atomic mass is 16.5. The van der Waals surface area contributed by atoms with Crippen LogP contribution in [0.15, 0.2) is 59.1 Å². The molecule has 1 saturated heterocycles. The quantitative estimate of drug-likeness (QED) is 0.222. The number of likely N-dealkylation sites (tertiary alicyclic amines) is 1. The van der Waals surface area contributed by atoms with Crippen molar-refractivity contribution in [3.05, 3.63) is 82.9 Å². The van der Waals surface area contributed by atoms with Gasteiger partial charge < -0.3 is 20.1 Å². The highest BCUT2D eigenvalue weighted by Gasteiger charge is 2.26. The summed E-state index contributed by atoms with van der Waals surface area (Å²) in [6.45, 7) is 13.3. The van der Waals surface area contributed by atoms with Gasteiger partial charge >= 0.3 is 12.1 Å². The molecule has 0 atom stereocenters. The minimum absolute atomic E-state index is 0.133. The highest BCUT2D eigenvalue weighted by Crippen LogP contribution is 2.29. The number of aryl methyl sites for hydroxylation is 3. The van der Waals surface area contributed by atoms with Crippen molar-refractivity contribution in [1.82, 2.24) is 19.8 Å². The summed E-state index contributed by atoms with van der Waals surface area (Å²) in [7, 11) is 0. The number of amides is 4. The molecule has 0 radical (unpaired) electrons. The van der Waals surface area contributed by atoms with Gasteiger partial charge in [-0.3, -0.25) is 5.32 Å². The number of rotatable bonds is 6. The van der Waals surface area contributed by atoms with Crippen molar-refractivity contribution in [2.24, 2.45) is 5.92 Å². The molecule has 0 unspecified atom stereocenters. The van der Waals surface area contributed by atoms with Crippen molar-refractivity contribution in [1.29, 1.82) is 0 Å². The Kier molecular flexibility index (Phi) is 8.57. The number of hydrogen-bond acceptors (Lipinski definition) is 5. The first-order valence-electron chi connectivity index (χ1n) is 14.8. The van der Waals surface area contributed by atoms with Crippen LogP contribution in [0.2, 0.25) is 0 Å². The van der Waals surface area contributed by atoms with Gasteiger partial charge in [0.15, 0.2) is 5.76 Å². The summed E-state index contributed by atoms with van der Waals surface area (Å²) in [5.41, 5.74) is 5.89. The summed E-state index contributed by atoms with van der Waals surface area (Å²) in [6, 6.07) is 17.4. The average molecular weight is 584 g/mol. The molecule has 1 aliphatic rings. The topological polar surface area (TPSA) is 117 Å². The molecule has 10 heteroatoms. The van der Waals surface area contributed by atoms with Gasteiger partial charge in [0.05, 0.1) is 11.4 Å². The predicted octanol–water partition coefficient (Wildman–Crippen LogP) is 7.21. The van der Waals surface area contributed by atoms with Crippen LogP contribution in [0.5, 0.6) is 0 Å². The Labute approximate surface area is 252 Å². The molecule has 0 bridgehead atoms. The normalized spacial score (nSPS) is 14.0. The smallest absolute Gasteiger partial charge is 0.324 e. The molecule has 2 aromatic carbocycles. The number of benzene rings is 2. The molecular weight excluding hydrogens is 542 g/mol. The zero-order valence-electron chi connectivity index (χ0n) is 25.8. The van der Waals surface area contributed by atoms with Gasteiger partial charge in [-0.2, -0.15) is 5.10 Å². The number of para-hydroxylation sites is 1. The molecule has 4 aromatic rings. The van der Waals surface area contributed by atoms with Crippen molar-refractivity contribution < 1.29 is 14.1 Å². The largest absolute Gasteiger partial charge is 0.359 e. The molecule has 3 heterocycles. The van der Waals surface area contributed by atoms with E-state index in [1.165, 1.54) is 0 Å². The maximum Gasteiger partial charge on any atom is 0.324 e. The SMILES string of the molecule is Cc1ccc(-n2nc(C(C)(C)C)cc2NC(=O)Nc2ccccc2CC2CCN(C(=O)Nc3c(C)noc3C)CC2)cc1. The summed E-state index contributed by atoms with van der Waals surface area (Å²) < 4.78 is 6.94. The summed E-state index contributed by atoms with van der Waals surface area (Å²) in [5.74, 6) is 1.60. The van der Waals surface area contributed by atoms with E-state index in [9.17, 15) is 9.59 Å². The van der Waals surface area contributed by atoms with Crippen LogP contribution in [-0.2, 0) is 11.8 Å². The van der Waals surface area contributed by atoms with Gasteiger partial charge in [0.2, 0.25) is 0 Å². The lowest BCUT2D eigenvalue weighted by atomic mass is 9.89. The number of anilines is 3. The third kappa shape index (κ3) is 7.07. The van der Waals surface area contributed by atoms with E-state index in [0.717, 1.165) is 47.5 Å². The molecule has 43 heavy (non-hydrogen) atoms. The van der Waals surface area contributed by atoms with Crippen LogP contribution in [0.1, 0.15) is 61.9 Å². The number of carbonyl (C=O) groups is 2. The number of nitrogens with zero attached hydrogens (tertiary/aromatic N) is 4. The lowest BCUT2D eigenvalue weighted by Gasteiger charge is -2.32. The highest BCUT2D eigenvalue weighted by molar-refractivity contribution is 6.00. The minimum atomic E-state index is -0.327. The fourth-order valence-corrected chi connectivity index (χ4v) is 5.31. The number of aromatic nitrogens is 3. The Bertz CT molecular complexity index is 1570. The van der Waals surface area contributed by atoms with E-state index in [1.807, 2.05) is 67.3 Å². The van der Waals surface area contributed by atoms with Gasteiger partial charge in [-0.05, 0) is 69.7 Å². The fraction of sp³-hybridized carbons (Fsp3) is 0.394. The minimum Gasteiger partial charge on any atom is -0.359 e. The molecule has 1 aliphatic heterocycles. The zero-order chi connectivity index (χ0) is 30.7. The average Bonchev–Trinajstić information content (AvgIpc) is 3.53. The Hall–Kier alpha value is -4.60. The predicted molar refractivity (Wildman–Crippen MR) is 169 cm³/mol. The van der Waals surface area contributed by atoms with Crippen LogP contribution >= 0.6 is 0 Å². The van der Waals surface area contributed by atoms with E-state index in [1.54, 1.807) is 11.6 Å². The van der Waals surface area contributed by atoms with Crippen LogP contribution in [0.25, 0.3) is 5.69 Å². The zero-order valence-corrected chi connectivity index (χ0v) is 25.8. The van der Waals surface area contributed by atoms with Crippen molar-refractivity contribution in [2.75, 3.05) is 29.0 Å². The molecule has 10 nitrogen and oxygen atoms in total. The second-order valence-corrected chi connectivity index (χ2v) is 12.4. The number of piperidine rings is 1. The van der Waals surface area contributed by atoms with E-state index in [2.05, 4.69) is 47.9 Å². The van der Waals surface area contributed by atoms with Gasteiger partial charge in [0, 0.05) is 30.3 Å². The van der Waals surface area contributed by atoms with E-state index in [0.29, 0.717) is 42.0 Å².